The second-order valence-corrected chi connectivity index (χ2v) is 12.0. The van der Waals surface area contributed by atoms with E-state index in [9.17, 15) is 18.7 Å². The van der Waals surface area contributed by atoms with Gasteiger partial charge in [0, 0.05) is 24.8 Å². The fourth-order valence-corrected chi connectivity index (χ4v) is 5.62. The minimum atomic E-state index is -3.82. The number of benzene rings is 1. The van der Waals surface area contributed by atoms with Crippen LogP contribution in [0, 0.1) is 0 Å². The molecule has 6 rings (SSSR count). The fourth-order valence-electron chi connectivity index (χ4n) is 4.56. The van der Waals surface area contributed by atoms with Gasteiger partial charge in [0.25, 0.3) is 0 Å². The third kappa shape index (κ3) is 4.82. The van der Waals surface area contributed by atoms with E-state index in [0.29, 0.717) is 39.7 Å². The summed E-state index contributed by atoms with van der Waals surface area (Å²) in [7, 11) is 0. The van der Waals surface area contributed by atoms with Crippen LogP contribution in [0.2, 0.25) is 0 Å². The van der Waals surface area contributed by atoms with Gasteiger partial charge in [-0.05, 0) is 65.3 Å². The van der Waals surface area contributed by atoms with Crippen LogP contribution in [0.25, 0.3) is 21.5 Å². The number of ether oxygens (including phenoxy) is 2. The van der Waals surface area contributed by atoms with E-state index in [1.807, 2.05) is 32.9 Å². The van der Waals surface area contributed by atoms with E-state index in [1.54, 1.807) is 23.2 Å². The number of hydrogen-bond donors (Lipinski definition) is 1. The molecule has 1 aromatic carbocycles. The van der Waals surface area contributed by atoms with E-state index < -0.39 is 17.3 Å². The number of anilines is 1. The maximum absolute atomic E-state index is 14.7. The molecule has 2 unspecified atom stereocenters. The summed E-state index contributed by atoms with van der Waals surface area (Å²) in [5, 5.41) is 10.6. The zero-order valence-corrected chi connectivity index (χ0v) is 22.2. The van der Waals surface area contributed by atoms with Crippen LogP contribution < -0.4 is 9.64 Å². The summed E-state index contributed by atoms with van der Waals surface area (Å²) in [5.74, 6) is -0.0666. The maximum atomic E-state index is 14.7. The predicted molar refractivity (Wildman–Crippen MR) is 137 cm³/mol. The van der Waals surface area contributed by atoms with Gasteiger partial charge in [0.15, 0.2) is 10.7 Å². The molecule has 1 N–H and O–H groups in total. The second-order valence-electron chi connectivity index (χ2n) is 11.0. The molecule has 37 heavy (non-hydrogen) atoms. The number of carbonyl (C=O) groups excluding carboxylic acids is 1. The molecular weight excluding hydrogens is 502 g/mol. The molecule has 0 aliphatic carbocycles. The normalized spacial score (nSPS) is 20.1. The first-order valence-corrected chi connectivity index (χ1v) is 13.0. The van der Waals surface area contributed by atoms with Crippen molar-refractivity contribution in [3.63, 3.8) is 0 Å². The first-order chi connectivity index (χ1) is 17.2. The van der Waals surface area contributed by atoms with Crippen LogP contribution in [0.15, 0.2) is 36.5 Å². The molecule has 3 aromatic rings. The Labute approximate surface area is 217 Å². The van der Waals surface area contributed by atoms with E-state index in [1.165, 1.54) is 17.4 Å². The highest BCUT2D eigenvalue weighted by molar-refractivity contribution is 7.22. The van der Waals surface area contributed by atoms with Gasteiger partial charge in [0.2, 0.25) is 0 Å². The largest absolute Gasteiger partial charge is 0.444 e. The van der Waals surface area contributed by atoms with Crippen LogP contribution in [0.1, 0.15) is 41.0 Å². The Morgan fingerprint density at radius 2 is 1.81 bits per heavy atom. The number of amides is 1. The van der Waals surface area contributed by atoms with E-state index in [0.717, 1.165) is 20.3 Å². The summed E-state index contributed by atoms with van der Waals surface area (Å²) in [6, 6.07) is 8.57. The molecule has 5 heterocycles. The lowest BCUT2D eigenvalue weighted by Crippen LogP contribution is -2.70. The van der Waals surface area contributed by atoms with E-state index in [4.69, 9.17) is 14.5 Å². The van der Waals surface area contributed by atoms with Gasteiger partial charge in [-0.2, -0.15) is 8.78 Å². The Morgan fingerprint density at radius 3 is 2.41 bits per heavy atom. The molecule has 11 heteroatoms. The molecule has 2 atom stereocenters. The van der Waals surface area contributed by atoms with E-state index in [2.05, 4.69) is 9.88 Å². The Kier molecular flexibility index (Phi) is 6.06. The van der Waals surface area contributed by atoms with Crippen molar-refractivity contribution in [1.82, 2.24) is 14.9 Å². The van der Waals surface area contributed by atoms with Gasteiger partial charge < -0.3 is 19.5 Å². The highest BCUT2D eigenvalue weighted by Crippen LogP contribution is 2.45. The Morgan fingerprint density at radius 1 is 1.11 bits per heavy atom. The van der Waals surface area contributed by atoms with Crippen LogP contribution in [0.4, 0.5) is 18.7 Å². The monoisotopic (exact) mass is 532 g/mol. The number of fused-ring (bicyclic) bond motifs is 3. The number of rotatable bonds is 5. The second kappa shape index (κ2) is 8.76. The number of aromatic nitrogens is 2. The number of piperazine rings is 1. The molecule has 3 saturated heterocycles. The number of alkyl halides is 2. The Bertz CT molecular complexity index is 1310. The van der Waals surface area contributed by atoms with Gasteiger partial charge in [-0.25, -0.2) is 9.78 Å². The van der Waals surface area contributed by atoms with Crippen molar-refractivity contribution in [2.24, 2.45) is 0 Å². The average molecular weight is 533 g/mol. The van der Waals surface area contributed by atoms with Gasteiger partial charge >= 0.3 is 12.2 Å². The summed E-state index contributed by atoms with van der Waals surface area (Å²) in [6.45, 7) is 8.65. The molecule has 3 fully saturated rings. The van der Waals surface area contributed by atoms with Crippen LogP contribution >= 0.6 is 11.3 Å². The molecule has 1 amide bonds. The quantitative estimate of drug-likeness (QED) is 0.477. The SMILES string of the molecule is CC(C)(C)OC(=O)N1C2CC1CN(c1nc3c(-c4ccccn4)ccc(OC(F)(F)C(C)(C)O)c3s1)C2. The highest BCUT2D eigenvalue weighted by Gasteiger charge is 2.50. The number of thiazole rings is 1. The molecule has 3 aliphatic heterocycles. The smallest absolute Gasteiger partial charge is 0.426 e. The molecule has 3 aliphatic rings. The molecule has 0 spiro atoms. The zero-order valence-electron chi connectivity index (χ0n) is 21.4. The third-order valence-corrected chi connectivity index (χ3v) is 7.59. The standard InChI is InChI=1S/C26H30F2N4O4S/c1-24(2,3)36-23(33)32-15-12-16(32)14-31(13-15)22-30-20-17(18-8-6-7-11-29-18)9-10-19(21(20)37-22)35-26(27,28)25(4,5)34/h6-11,15-16,34H,12-14H2,1-5H3. The topological polar surface area (TPSA) is 88.0 Å². The van der Waals surface area contributed by atoms with E-state index in [-0.39, 0.29) is 23.9 Å². The number of halogens is 2. The molecular formula is C26H30F2N4O4S. The average Bonchev–Trinajstić information content (AvgIpc) is 3.24. The van der Waals surface area contributed by atoms with Crippen molar-refractivity contribution < 1.29 is 28.2 Å². The molecule has 2 aromatic heterocycles. The van der Waals surface area contributed by atoms with Crippen LogP contribution in [0.5, 0.6) is 5.75 Å². The third-order valence-electron chi connectivity index (χ3n) is 6.46. The molecule has 0 radical (unpaired) electrons. The zero-order chi connectivity index (χ0) is 26.8. The summed E-state index contributed by atoms with van der Waals surface area (Å²) in [5.41, 5.74) is -1.12. The van der Waals surface area contributed by atoms with Gasteiger partial charge in [-0.1, -0.05) is 17.4 Å². The lowest BCUT2D eigenvalue weighted by Gasteiger charge is -2.55. The van der Waals surface area contributed by atoms with Gasteiger partial charge in [0.1, 0.15) is 11.4 Å². The highest BCUT2D eigenvalue weighted by atomic mass is 32.1. The van der Waals surface area contributed by atoms with Crippen LogP contribution in [-0.4, -0.2) is 68.6 Å². The molecule has 8 nitrogen and oxygen atoms in total. The first kappa shape index (κ1) is 25.6. The van der Waals surface area contributed by atoms with Gasteiger partial charge in [-0.3, -0.25) is 9.88 Å². The number of hydrogen-bond acceptors (Lipinski definition) is 8. The van der Waals surface area contributed by atoms with Crippen molar-refractivity contribution in [2.45, 2.75) is 70.4 Å². The minimum absolute atomic E-state index is 0.00823. The van der Waals surface area contributed by atoms with Crippen molar-refractivity contribution in [1.29, 1.82) is 0 Å². The van der Waals surface area contributed by atoms with Crippen LogP contribution in [0.3, 0.4) is 0 Å². The van der Waals surface area contributed by atoms with E-state index >= 15 is 0 Å². The maximum Gasteiger partial charge on any atom is 0.426 e. The summed E-state index contributed by atoms with van der Waals surface area (Å²) < 4.78 is 40.4. The lowest BCUT2D eigenvalue weighted by molar-refractivity contribution is -0.275. The Hall–Kier alpha value is -3.05. The minimum Gasteiger partial charge on any atom is -0.444 e. The van der Waals surface area contributed by atoms with Crippen molar-refractivity contribution in [2.75, 3.05) is 18.0 Å². The van der Waals surface area contributed by atoms with Crippen LogP contribution in [-0.2, 0) is 4.74 Å². The molecule has 2 bridgehead atoms. The summed E-state index contributed by atoms with van der Waals surface area (Å²) in [4.78, 5) is 25.8. The number of aliphatic hydroxyl groups is 1. The molecule has 198 valence electrons. The van der Waals surface area contributed by atoms with Crippen molar-refractivity contribution in [3.05, 3.63) is 36.5 Å². The van der Waals surface area contributed by atoms with Gasteiger partial charge in [-0.15, -0.1) is 0 Å². The summed E-state index contributed by atoms with van der Waals surface area (Å²) >= 11 is 1.25. The first-order valence-electron chi connectivity index (χ1n) is 12.1. The summed E-state index contributed by atoms with van der Waals surface area (Å²) in [6.07, 6.45) is -1.60. The lowest BCUT2D eigenvalue weighted by atomic mass is 9.88. The number of piperidine rings is 1. The van der Waals surface area contributed by atoms with Crippen molar-refractivity contribution in [3.8, 4) is 17.0 Å². The fraction of sp³-hybridized carbons (Fsp3) is 0.500. The van der Waals surface area contributed by atoms with Gasteiger partial charge in [0.05, 0.1) is 28.0 Å². The number of carbonyl (C=O) groups is 1. The van der Waals surface area contributed by atoms with Crippen molar-refractivity contribution >= 4 is 32.8 Å². The predicted octanol–water partition coefficient (Wildman–Crippen LogP) is 5.30. The number of nitrogens with zero attached hydrogens (tertiary/aromatic N) is 4. The number of pyridine rings is 1. The molecule has 0 saturated carbocycles. The Balaban J connectivity index is 1.48.